The Kier molecular flexibility index (Phi) is 9.90. The van der Waals surface area contributed by atoms with E-state index >= 15 is 0 Å². The van der Waals surface area contributed by atoms with Crippen LogP contribution in [0.1, 0.15) is 87.3 Å². The molecule has 192 valence electrons. The summed E-state index contributed by atoms with van der Waals surface area (Å²) >= 11 is 13.0. The van der Waals surface area contributed by atoms with E-state index in [2.05, 4.69) is 19.9 Å². The lowest BCUT2D eigenvalue weighted by atomic mass is 9.92. The number of ether oxygens (including phenoxy) is 1. The zero-order chi connectivity index (χ0) is 26.8. The second-order valence-electron chi connectivity index (χ2n) is 11.9. The number of carbonyl (C=O) groups is 1. The minimum Gasteiger partial charge on any atom is -0.457 e. The maximum atomic E-state index is 13.4. The molecule has 0 saturated heterocycles. The second kappa shape index (κ2) is 10.9. The van der Waals surface area contributed by atoms with Crippen LogP contribution < -0.4 is 0 Å². The van der Waals surface area contributed by atoms with Gasteiger partial charge in [-0.3, -0.25) is 4.84 Å². The highest BCUT2D eigenvalue weighted by atomic mass is 35.7. The number of benzene rings is 1. The number of hydroxylamine groups is 2. The van der Waals surface area contributed by atoms with E-state index in [4.69, 9.17) is 31.7 Å². The van der Waals surface area contributed by atoms with Crippen molar-refractivity contribution in [3.8, 4) is 6.07 Å². The fraction of sp³-hybridized carbons (Fsp3) is 0.692. The average molecular weight is 530 g/mol. The maximum absolute atomic E-state index is 13.4. The van der Waals surface area contributed by atoms with Gasteiger partial charge in [0.1, 0.15) is 11.7 Å². The Morgan fingerprint density at radius 1 is 1.06 bits per heavy atom. The van der Waals surface area contributed by atoms with Crippen LogP contribution in [0.5, 0.6) is 0 Å². The molecule has 0 aliphatic carbocycles. The summed E-state index contributed by atoms with van der Waals surface area (Å²) in [6, 6.07) is 11.8. The van der Waals surface area contributed by atoms with E-state index in [9.17, 15) is 10.1 Å². The average Bonchev–Trinajstić information content (AvgIpc) is 2.64. The van der Waals surface area contributed by atoms with E-state index in [0.717, 1.165) is 5.56 Å². The highest BCUT2D eigenvalue weighted by molar-refractivity contribution is 7.46. The normalized spacial score (nSPS) is 16.2. The molecule has 0 amide bonds. The molecule has 0 heterocycles. The summed E-state index contributed by atoms with van der Waals surface area (Å²) in [5.41, 5.74) is -2.22. The zero-order valence-electron chi connectivity index (χ0n) is 22.6. The first kappa shape index (κ1) is 30.9. The lowest BCUT2D eigenvalue weighted by Gasteiger charge is -2.45. The number of nitrogens with zero attached hydrogens (tertiary/aromatic N) is 2. The lowest BCUT2D eigenvalue weighted by molar-refractivity contribution is -0.292. The Morgan fingerprint density at radius 3 is 1.94 bits per heavy atom. The van der Waals surface area contributed by atoms with Crippen molar-refractivity contribution in [1.29, 1.82) is 5.26 Å². The topological polar surface area (TPSA) is 62.6 Å². The summed E-state index contributed by atoms with van der Waals surface area (Å²) in [7, 11) is 0. The van der Waals surface area contributed by atoms with Gasteiger partial charge in [0, 0.05) is 5.54 Å². The number of carbonyl (C=O) groups excluding carboxylic acids is 1. The van der Waals surface area contributed by atoms with Crippen molar-refractivity contribution in [3.05, 3.63) is 35.9 Å². The third kappa shape index (κ3) is 7.96. The Bertz CT molecular complexity index is 871. The van der Waals surface area contributed by atoms with Crippen molar-refractivity contribution in [2.75, 3.05) is 0 Å². The summed E-state index contributed by atoms with van der Waals surface area (Å²) in [6.45, 7) is 18.5. The van der Waals surface area contributed by atoms with Gasteiger partial charge in [-0.2, -0.15) is 10.3 Å². The highest BCUT2D eigenvalue weighted by Crippen LogP contribution is 2.49. The molecule has 1 aromatic carbocycles. The summed E-state index contributed by atoms with van der Waals surface area (Å²) in [6.07, 6.45) is 0.449. The standard InChI is InChI=1S/C26H42Cl2N2O3Si/c1-19(2)21(20-15-13-12-14-16-20)30(23(3,4)5)33-26(10,18-29)22(31)32-24(6,7)17-25(8,9)34(11,27)28/h12-16,19,21H,17H2,1-11H3. The molecule has 0 fully saturated rings. The molecule has 5 nitrogen and oxygen atoms in total. The van der Waals surface area contributed by atoms with Crippen LogP contribution in [0.3, 0.4) is 0 Å². The molecule has 0 aliphatic heterocycles. The Hall–Kier alpha value is -1.10. The number of hydrogen-bond donors (Lipinski definition) is 0. The van der Waals surface area contributed by atoms with Crippen LogP contribution in [0.25, 0.3) is 0 Å². The van der Waals surface area contributed by atoms with Crippen LogP contribution in [0.2, 0.25) is 11.6 Å². The van der Waals surface area contributed by atoms with Gasteiger partial charge in [0.25, 0.3) is 12.3 Å². The molecule has 0 N–H and O–H groups in total. The molecule has 34 heavy (non-hydrogen) atoms. The maximum Gasteiger partial charge on any atom is 0.355 e. The number of hydrogen-bond acceptors (Lipinski definition) is 5. The van der Waals surface area contributed by atoms with Gasteiger partial charge in [-0.05, 0) is 71.0 Å². The van der Waals surface area contributed by atoms with Gasteiger partial charge >= 0.3 is 5.97 Å². The van der Waals surface area contributed by atoms with Crippen LogP contribution >= 0.6 is 22.2 Å². The number of halogens is 2. The highest BCUT2D eigenvalue weighted by Gasteiger charge is 2.49. The fourth-order valence-corrected chi connectivity index (χ4v) is 5.09. The van der Waals surface area contributed by atoms with Crippen molar-refractivity contribution < 1.29 is 14.4 Å². The SMILES string of the molecule is CC(C)C(c1ccccc1)N(OC(C)(C#N)C(=O)OC(C)(C)CC(C)(C)[Si](C)(Cl)Cl)C(C)(C)C. The van der Waals surface area contributed by atoms with E-state index < -0.39 is 34.4 Å². The molecule has 2 atom stereocenters. The van der Waals surface area contributed by atoms with Gasteiger partial charge in [0.15, 0.2) is 0 Å². The molecule has 1 rings (SSSR count). The minimum atomic E-state index is -2.57. The fourth-order valence-electron chi connectivity index (χ4n) is 3.96. The van der Waals surface area contributed by atoms with E-state index in [1.165, 1.54) is 6.92 Å². The van der Waals surface area contributed by atoms with Crippen LogP contribution in [0.4, 0.5) is 0 Å². The molecule has 0 spiro atoms. The molecule has 8 heteroatoms. The molecule has 2 unspecified atom stereocenters. The summed E-state index contributed by atoms with van der Waals surface area (Å²) in [4.78, 5) is 19.7. The van der Waals surface area contributed by atoms with Crippen LogP contribution in [-0.2, 0) is 14.4 Å². The van der Waals surface area contributed by atoms with Crippen molar-refractivity contribution in [1.82, 2.24) is 5.06 Å². The van der Waals surface area contributed by atoms with Crippen molar-refractivity contribution in [2.24, 2.45) is 5.92 Å². The largest absolute Gasteiger partial charge is 0.457 e. The molecule has 1 aromatic rings. The molecule has 0 aromatic heterocycles. The monoisotopic (exact) mass is 528 g/mol. The van der Waals surface area contributed by atoms with Crippen LogP contribution in [0, 0.1) is 17.2 Å². The third-order valence-electron chi connectivity index (χ3n) is 6.00. The number of nitriles is 1. The Balaban J connectivity index is 3.30. The molecule has 0 radical (unpaired) electrons. The predicted molar refractivity (Wildman–Crippen MR) is 143 cm³/mol. The van der Waals surface area contributed by atoms with Gasteiger partial charge in [0.2, 0.25) is 0 Å². The number of rotatable bonds is 10. The Morgan fingerprint density at radius 2 is 1.56 bits per heavy atom. The van der Waals surface area contributed by atoms with Crippen molar-refractivity contribution >= 4 is 34.8 Å². The molecule has 0 bridgehead atoms. The molecule has 0 aliphatic rings. The summed E-state index contributed by atoms with van der Waals surface area (Å²) < 4.78 is 5.88. The molecular weight excluding hydrogens is 487 g/mol. The van der Waals surface area contributed by atoms with Gasteiger partial charge in [-0.15, -0.1) is 22.2 Å². The van der Waals surface area contributed by atoms with Crippen molar-refractivity contribution in [2.45, 2.75) is 110 Å². The Labute approximate surface area is 217 Å². The minimum absolute atomic E-state index is 0.146. The first-order valence-corrected chi connectivity index (χ1v) is 16.3. The van der Waals surface area contributed by atoms with Gasteiger partial charge in [-0.1, -0.05) is 58.0 Å². The smallest absolute Gasteiger partial charge is 0.355 e. The van der Waals surface area contributed by atoms with Crippen LogP contribution in [0.15, 0.2) is 30.3 Å². The predicted octanol–water partition coefficient (Wildman–Crippen LogP) is 7.74. The molecular formula is C26H42Cl2N2O3Si. The van der Waals surface area contributed by atoms with E-state index in [0.29, 0.717) is 6.42 Å². The summed E-state index contributed by atoms with van der Waals surface area (Å²) in [5, 5.41) is 11.4. The first-order chi connectivity index (χ1) is 15.2. The summed E-state index contributed by atoms with van der Waals surface area (Å²) in [5.74, 6) is -0.596. The second-order valence-corrected chi connectivity index (χ2v) is 20.2. The van der Waals surface area contributed by atoms with Gasteiger partial charge in [0.05, 0.1) is 6.04 Å². The molecule has 0 saturated carbocycles. The third-order valence-corrected chi connectivity index (χ3v) is 11.6. The van der Waals surface area contributed by atoms with E-state index in [-0.39, 0.29) is 12.0 Å². The lowest BCUT2D eigenvalue weighted by Crippen LogP contribution is -2.54. The van der Waals surface area contributed by atoms with Crippen LogP contribution in [-0.4, -0.2) is 34.5 Å². The van der Waals surface area contributed by atoms with E-state index in [1.54, 1.807) is 18.9 Å². The van der Waals surface area contributed by atoms with E-state index in [1.807, 2.05) is 71.5 Å². The van der Waals surface area contributed by atoms with Gasteiger partial charge in [-0.25, -0.2) is 4.79 Å². The zero-order valence-corrected chi connectivity index (χ0v) is 25.1. The first-order valence-electron chi connectivity index (χ1n) is 11.7. The van der Waals surface area contributed by atoms with Gasteiger partial charge < -0.3 is 4.74 Å². The number of esters is 1. The quantitative estimate of drug-likeness (QED) is 0.134. The van der Waals surface area contributed by atoms with Crippen molar-refractivity contribution in [3.63, 3.8) is 0 Å².